The molecule has 0 radical (unpaired) electrons. The monoisotopic (exact) mass is 481 g/mol. The molecule has 1 unspecified atom stereocenters. The quantitative estimate of drug-likeness (QED) is 0.421. The Morgan fingerprint density at radius 2 is 1.65 bits per heavy atom. The van der Waals surface area contributed by atoms with Crippen LogP contribution in [-0.4, -0.2) is 26.8 Å². The Morgan fingerprint density at radius 3 is 2.32 bits per heavy atom. The Bertz CT molecular complexity index is 1270. The van der Waals surface area contributed by atoms with Gasteiger partial charge in [-0.1, -0.05) is 18.2 Å². The number of rotatable bonds is 9. The van der Waals surface area contributed by atoms with Gasteiger partial charge in [-0.3, -0.25) is 14.3 Å². The van der Waals surface area contributed by atoms with Gasteiger partial charge in [-0.2, -0.15) is 0 Å². The summed E-state index contributed by atoms with van der Waals surface area (Å²) in [5.74, 6) is 0.0297. The van der Waals surface area contributed by atoms with Crippen molar-refractivity contribution in [2.24, 2.45) is 0 Å². The van der Waals surface area contributed by atoms with E-state index >= 15 is 0 Å². The third-order valence-electron chi connectivity index (χ3n) is 4.88. The molecule has 0 bridgehead atoms. The summed E-state index contributed by atoms with van der Waals surface area (Å²) < 4.78 is 33.6. The molecule has 0 aromatic heterocycles. The molecule has 0 saturated heterocycles. The van der Waals surface area contributed by atoms with Crippen molar-refractivity contribution in [3.63, 3.8) is 0 Å². The zero-order chi connectivity index (χ0) is 24.7. The standard InChI is InChI=1S/C25H27N3O5S/c1-4-33-23-13-11-21(12-14-23)28-34(31,32)24-10-6-8-20(16-24)25(30)26-17(2)19-7-5-9-22(15-19)27-18(3)29/h5-17,28H,4H2,1-3H3,(H,26,30)(H,27,29). The second kappa shape index (κ2) is 10.8. The summed E-state index contributed by atoms with van der Waals surface area (Å²) in [5, 5.41) is 5.56. The minimum atomic E-state index is -3.90. The molecule has 0 heterocycles. The van der Waals surface area contributed by atoms with Crippen molar-refractivity contribution in [1.29, 1.82) is 0 Å². The molecule has 0 saturated carbocycles. The maximum atomic E-state index is 12.8. The first-order valence-corrected chi connectivity index (χ1v) is 12.2. The molecule has 3 rings (SSSR count). The number of hydrogen-bond acceptors (Lipinski definition) is 5. The van der Waals surface area contributed by atoms with Crippen molar-refractivity contribution in [1.82, 2.24) is 5.32 Å². The Labute approximate surface area is 199 Å². The minimum Gasteiger partial charge on any atom is -0.494 e. The van der Waals surface area contributed by atoms with Crippen LogP contribution in [0.25, 0.3) is 0 Å². The first-order chi connectivity index (χ1) is 16.2. The number of hydrogen-bond donors (Lipinski definition) is 3. The third kappa shape index (κ3) is 6.58. The summed E-state index contributed by atoms with van der Waals surface area (Å²) in [6.07, 6.45) is 0. The molecule has 0 spiro atoms. The van der Waals surface area contributed by atoms with Crippen LogP contribution in [0.1, 0.15) is 42.7 Å². The second-order valence-corrected chi connectivity index (χ2v) is 9.27. The second-order valence-electron chi connectivity index (χ2n) is 7.59. The number of ether oxygens (including phenoxy) is 1. The van der Waals surface area contributed by atoms with Gasteiger partial charge in [0.2, 0.25) is 5.91 Å². The van der Waals surface area contributed by atoms with E-state index in [9.17, 15) is 18.0 Å². The number of amides is 2. The molecule has 178 valence electrons. The summed E-state index contributed by atoms with van der Waals surface area (Å²) in [6.45, 7) is 5.60. The summed E-state index contributed by atoms with van der Waals surface area (Å²) in [6, 6.07) is 19.1. The van der Waals surface area contributed by atoms with Crippen LogP contribution in [0.5, 0.6) is 5.75 Å². The Hall–Kier alpha value is -3.85. The largest absolute Gasteiger partial charge is 0.494 e. The zero-order valence-electron chi connectivity index (χ0n) is 19.2. The van der Waals surface area contributed by atoms with E-state index in [1.807, 2.05) is 13.0 Å². The average Bonchev–Trinajstić information content (AvgIpc) is 2.80. The zero-order valence-corrected chi connectivity index (χ0v) is 20.0. The molecule has 2 amide bonds. The molecule has 0 aliphatic rings. The molecule has 0 aliphatic carbocycles. The van der Waals surface area contributed by atoms with Gasteiger partial charge in [0.15, 0.2) is 0 Å². The van der Waals surface area contributed by atoms with Crippen LogP contribution in [0.15, 0.2) is 77.7 Å². The fourth-order valence-corrected chi connectivity index (χ4v) is 4.36. The van der Waals surface area contributed by atoms with Crippen molar-refractivity contribution in [2.75, 3.05) is 16.6 Å². The van der Waals surface area contributed by atoms with Crippen molar-refractivity contribution in [3.05, 3.63) is 83.9 Å². The molecule has 1 atom stereocenters. The fraction of sp³-hybridized carbons (Fsp3) is 0.200. The van der Waals surface area contributed by atoms with Crippen molar-refractivity contribution < 1.29 is 22.7 Å². The number of nitrogens with one attached hydrogen (secondary N) is 3. The van der Waals surface area contributed by atoms with Gasteiger partial charge in [0.25, 0.3) is 15.9 Å². The van der Waals surface area contributed by atoms with E-state index in [0.717, 1.165) is 5.56 Å². The molecular weight excluding hydrogens is 454 g/mol. The Kier molecular flexibility index (Phi) is 7.91. The van der Waals surface area contributed by atoms with Crippen molar-refractivity contribution in [3.8, 4) is 5.75 Å². The molecule has 9 heteroatoms. The van der Waals surface area contributed by atoms with Gasteiger partial charge in [0.1, 0.15) is 5.75 Å². The smallest absolute Gasteiger partial charge is 0.261 e. The third-order valence-corrected chi connectivity index (χ3v) is 6.26. The SMILES string of the molecule is CCOc1ccc(NS(=O)(=O)c2cccc(C(=O)NC(C)c3cccc(NC(C)=O)c3)c2)cc1. The highest BCUT2D eigenvalue weighted by Crippen LogP contribution is 2.21. The van der Waals surface area contributed by atoms with Crippen LogP contribution >= 0.6 is 0 Å². The minimum absolute atomic E-state index is 0.0330. The van der Waals surface area contributed by atoms with E-state index in [-0.39, 0.29) is 22.4 Å². The van der Waals surface area contributed by atoms with Gasteiger partial charge >= 0.3 is 0 Å². The predicted molar refractivity (Wildman–Crippen MR) is 131 cm³/mol. The van der Waals surface area contributed by atoms with Gasteiger partial charge < -0.3 is 15.4 Å². The highest BCUT2D eigenvalue weighted by atomic mass is 32.2. The molecule has 3 aromatic rings. The Morgan fingerprint density at radius 1 is 0.941 bits per heavy atom. The summed E-state index contributed by atoms with van der Waals surface area (Å²) in [4.78, 5) is 24.1. The lowest BCUT2D eigenvalue weighted by atomic mass is 10.1. The van der Waals surface area contributed by atoms with Gasteiger partial charge in [0.05, 0.1) is 17.5 Å². The maximum absolute atomic E-state index is 12.8. The molecular formula is C25H27N3O5S. The number of sulfonamides is 1. The van der Waals surface area contributed by atoms with E-state index in [2.05, 4.69) is 15.4 Å². The van der Waals surface area contributed by atoms with Gasteiger partial charge in [-0.05, 0) is 74.0 Å². The normalized spacial score (nSPS) is 11.9. The van der Waals surface area contributed by atoms with Crippen LogP contribution in [0.4, 0.5) is 11.4 Å². The first kappa shape index (κ1) is 24.8. The van der Waals surface area contributed by atoms with Gasteiger partial charge in [0, 0.05) is 23.9 Å². The van der Waals surface area contributed by atoms with E-state index in [1.165, 1.54) is 25.1 Å². The first-order valence-electron chi connectivity index (χ1n) is 10.7. The maximum Gasteiger partial charge on any atom is 0.261 e. The van der Waals surface area contributed by atoms with Crippen molar-refractivity contribution in [2.45, 2.75) is 31.7 Å². The molecule has 0 fully saturated rings. The van der Waals surface area contributed by atoms with Crippen molar-refractivity contribution >= 4 is 33.2 Å². The summed E-state index contributed by atoms with van der Waals surface area (Å²) in [7, 11) is -3.90. The Balaban J connectivity index is 1.72. The molecule has 34 heavy (non-hydrogen) atoms. The van der Waals surface area contributed by atoms with E-state index in [0.29, 0.717) is 23.7 Å². The highest BCUT2D eigenvalue weighted by molar-refractivity contribution is 7.92. The van der Waals surface area contributed by atoms with Crippen LogP contribution in [-0.2, 0) is 14.8 Å². The summed E-state index contributed by atoms with van der Waals surface area (Å²) in [5.41, 5.74) is 2.01. The lowest BCUT2D eigenvalue weighted by Crippen LogP contribution is -2.27. The van der Waals surface area contributed by atoms with E-state index in [4.69, 9.17) is 4.74 Å². The summed E-state index contributed by atoms with van der Waals surface area (Å²) >= 11 is 0. The molecule has 8 nitrogen and oxygen atoms in total. The number of benzene rings is 3. The van der Waals surface area contributed by atoms with Crippen LogP contribution < -0.4 is 20.1 Å². The lowest BCUT2D eigenvalue weighted by molar-refractivity contribution is -0.114. The predicted octanol–water partition coefficient (Wildman–Crippen LogP) is 4.34. The molecule has 3 aromatic carbocycles. The van der Waals surface area contributed by atoms with Gasteiger partial charge in [-0.15, -0.1) is 0 Å². The number of carbonyl (C=O) groups excluding carboxylic acids is 2. The van der Waals surface area contributed by atoms with E-state index in [1.54, 1.807) is 55.5 Å². The average molecular weight is 482 g/mol. The topological polar surface area (TPSA) is 114 Å². The number of carbonyl (C=O) groups is 2. The fourth-order valence-electron chi connectivity index (χ4n) is 3.26. The van der Waals surface area contributed by atoms with Crippen LogP contribution in [0.2, 0.25) is 0 Å². The van der Waals surface area contributed by atoms with Crippen LogP contribution in [0, 0.1) is 0 Å². The molecule has 3 N–H and O–H groups in total. The number of anilines is 2. The van der Waals surface area contributed by atoms with Crippen LogP contribution in [0.3, 0.4) is 0 Å². The van der Waals surface area contributed by atoms with Gasteiger partial charge in [-0.25, -0.2) is 8.42 Å². The lowest BCUT2D eigenvalue weighted by Gasteiger charge is -2.16. The van der Waals surface area contributed by atoms with E-state index < -0.39 is 15.9 Å². The molecule has 0 aliphatic heterocycles. The highest BCUT2D eigenvalue weighted by Gasteiger charge is 2.18.